The van der Waals surface area contributed by atoms with E-state index < -0.39 is 15.8 Å². The van der Waals surface area contributed by atoms with Crippen molar-refractivity contribution in [3.8, 4) is 0 Å². The number of amides is 1. The number of benzene rings is 2. The van der Waals surface area contributed by atoms with E-state index in [4.69, 9.17) is 4.74 Å². The quantitative estimate of drug-likeness (QED) is 0.820. The lowest BCUT2D eigenvalue weighted by molar-refractivity contribution is -0.119. The van der Waals surface area contributed by atoms with Crippen molar-refractivity contribution < 1.29 is 22.3 Å². The van der Waals surface area contributed by atoms with Gasteiger partial charge in [0, 0.05) is 31.5 Å². The number of hydrogen-bond acceptors (Lipinski definition) is 4. The fraction of sp³-hybridized carbons (Fsp3) is 0.316. The number of methoxy groups -OCH3 is 1. The summed E-state index contributed by atoms with van der Waals surface area (Å²) < 4.78 is 46.3. The highest BCUT2D eigenvalue weighted by molar-refractivity contribution is 7.92. The molecule has 0 fully saturated rings. The van der Waals surface area contributed by atoms with Crippen LogP contribution < -0.4 is 9.62 Å². The van der Waals surface area contributed by atoms with Crippen molar-refractivity contribution in [2.45, 2.75) is 24.7 Å². The van der Waals surface area contributed by atoms with E-state index in [1.807, 2.05) is 0 Å². The molecule has 6 nitrogen and oxygen atoms in total. The molecule has 1 amide bonds. The third kappa shape index (κ3) is 4.12. The first kappa shape index (κ1) is 19.3. The number of nitrogens with zero attached hydrogens (tertiary/aromatic N) is 1. The molecule has 1 heterocycles. The number of hydrogen-bond donors (Lipinski definition) is 1. The van der Waals surface area contributed by atoms with Gasteiger partial charge >= 0.3 is 0 Å². The average molecular weight is 392 g/mol. The maximum atomic E-state index is 13.7. The fourth-order valence-corrected chi connectivity index (χ4v) is 4.07. The highest BCUT2D eigenvalue weighted by atomic mass is 32.2. The molecule has 0 bridgehead atoms. The van der Waals surface area contributed by atoms with Gasteiger partial charge in [0.25, 0.3) is 10.0 Å². The summed E-state index contributed by atoms with van der Waals surface area (Å²) in [5, 5.41) is 0. The Hall–Kier alpha value is -2.45. The van der Waals surface area contributed by atoms with E-state index in [0.717, 1.165) is 17.3 Å². The first-order valence-corrected chi connectivity index (χ1v) is 10.0. The second kappa shape index (κ2) is 7.66. The van der Waals surface area contributed by atoms with Crippen LogP contribution in [0.2, 0.25) is 0 Å². The number of carbonyl (C=O) groups excluding carboxylic acids is 1. The largest absolute Gasteiger partial charge is 0.383 e. The molecule has 0 unspecified atom stereocenters. The number of carbonyl (C=O) groups is 1. The maximum absolute atomic E-state index is 13.7. The second-order valence-corrected chi connectivity index (χ2v) is 8.08. The minimum Gasteiger partial charge on any atom is -0.383 e. The second-order valence-electron chi connectivity index (χ2n) is 6.40. The number of fused-ring (bicyclic) bond motifs is 1. The average Bonchev–Trinajstić information content (AvgIpc) is 2.63. The van der Waals surface area contributed by atoms with Crippen LogP contribution in [0.5, 0.6) is 0 Å². The van der Waals surface area contributed by atoms with E-state index in [0.29, 0.717) is 37.2 Å². The number of sulfonamides is 1. The van der Waals surface area contributed by atoms with Gasteiger partial charge in [0.1, 0.15) is 5.82 Å². The van der Waals surface area contributed by atoms with Crippen LogP contribution in [0.3, 0.4) is 0 Å². The van der Waals surface area contributed by atoms with Crippen LogP contribution in [0, 0.1) is 12.7 Å². The highest BCUT2D eigenvalue weighted by Crippen LogP contribution is 2.31. The van der Waals surface area contributed by atoms with Crippen molar-refractivity contribution >= 4 is 27.3 Å². The Morgan fingerprint density at radius 1 is 1.19 bits per heavy atom. The van der Waals surface area contributed by atoms with E-state index in [9.17, 15) is 17.6 Å². The van der Waals surface area contributed by atoms with Gasteiger partial charge in [0.05, 0.1) is 11.5 Å². The monoisotopic (exact) mass is 392 g/mol. The topological polar surface area (TPSA) is 75.7 Å². The molecule has 144 valence electrons. The lowest BCUT2D eigenvalue weighted by Crippen LogP contribution is -2.37. The summed E-state index contributed by atoms with van der Waals surface area (Å²) in [4.78, 5) is 13.7. The van der Waals surface area contributed by atoms with Crippen LogP contribution in [0.1, 0.15) is 17.5 Å². The van der Waals surface area contributed by atoms with Crippen molar-refractivity contribution in [2.75, 3.05) is 29.9 Å². The smallest absolute Gasteiger partial charge is 0.261 e. The predicted molar refractivity (Wildman–Crippen MR) is 101 cm³/mol. The molecule has 0 saturated carbocycles. The van der Waals surface area contributed by atoms with E-state index >= 15 is 0 Å². The summed E-state index contributed by atoms with van der Waals surface area (Å²) in [6, 6.07) is 8.82. The standard InChI is InChI=1S/C19H21FN2O4S/c1-13-3-6-16(12-17(13)20)27(24,25)21-15-5-7-18-14(11-15)4-8-19(23)22(18)9-10-26-2/h3,5-7,11-12,21H,4,8-10H2,1-2H3. The first-order valence-electron chi connectivity index (χ1n) is 8.53. The van der Waals surface area contributed by atoms with Gasteiger partial charge in [-0.15, -0.1) is 0 Å². The summed E-state index contributed by atoms with van der Waals surface area (Å²) >= 11 is 0. The zero-order chi connectivity index (χ0) is 19.6. The summed E-state index contributed by atoms with van der Waals surface area (Å²) in [6.45, 7) is 2.42. The third-order valence-electron chi connectivity index (χ3n) is 4.50. The molecule has 1 aliphatic heterocycles. The molecule has 27 heavy (non-hydrogen) atoms. The zero-order valence-corrected chi connectivity index (χ0v) is 16.0. The molecule has 0 aromatic heterocycles. The van der Waals surface area contributed by atoms with Crippen molar-refractivity contribution in [1.82, 2.24) is 0 Å². The molecule has 0 radical (unpaired) electrons. The fourth-order valence-electron chi connectivity index (χ4n) is 3.01. The van der Waals surface area contributed by atoms with Crippen molar-refractivity contribution in [3.05, 3.63) is 53.3 Å². The summed E-state index contributed by atoms with van der Waals surface area (Å²) in [5.74, 6) is -0.557. The normalized spacial score (nSPS) is 14.2. The molecule has 0 aliphatic carbocycles. The van der Waals surface area contributed by atoms with E-state index in [1.54, 1.807) is 37.1 Å². The summed E-state index contributed by atoms with van der Waals surface area (Å²) in [6.07, 6.45) is 0.891. The van der Waals surface area contributed by atoms with E-state index in [2.05, 4.69) is 4.72 Å². The third-order valence-corrected chi connectivity index (χ3v) is 5.88. The number of nitrogens with one attached hydrogen (secondary N) is 1. The Balaban J connectivity index is 1.86. The molecule has 3 rings (SSSR count). The van der Waals surface area contributed by atoms with Crippen LogP contribution in [0.4, 0.5) is 15.8 Å². The lowest BCUT2D eigenvalue weighted by atomic mass is 10.0. The first-order chi connectivity index (χ1) is 12.8. The molecule has 0 atom stereocenters. The predicted octanol–water partition coefficient (Wildman–Crippen LogP) is 2.86. The van der Waals surface area contributed by atoms with Crippen molar-refractivity contribution in [3.63, 3.8) is 0 Å². The number of anilines is 2. The maximum Gasteiger partial charge on any atom is 0.261 e. The van der Waals surface area contributed by atoms with Crippen LogP contribution in [0.25, 0.3) is 0 Å². The van der Waals surface area contributed by atoms with Crippen molar-refractivity contribution in [1.29, 1.82) is 0 Å². The Bertz CT molecular complexity index is 976. The molecule has 2 aromatic carbocycles. The van der Waals surface area contributed by atoms with Gasteiger partial charge in [-0.05, 0) is 54.8 Å². The minimum atomic E-state index is -3.91. The number of halogens is 1. The molecule has 8 heteroatoms. The van der Waals surface area contributed by atoms with Gasteiger partial charge in [-0.1, -0.05) is 6.07 Å². The molecule has 2 aromatic rings. The van der Waals surface area contributed by atoms with Gasteiger partial charge in [-0.3, -0.25) is 9.52 Å². The summed E-state index contributed by atoms with van der Waals surface area (Å²) in [7, 11) is -2.34. The van der Waals surface area contributed by atoms with Gasteiger partial charge < -0.3 is 9.64 Å². The molecule has 0 spiro atoms. The Labute approximate surface area is 158 Å². The Morgan fingerprint density at radius 2 is 1.96 bits per heavy atom. The summed E-state index contributed by atoms with van der Waals surface area (Å²) in [5.41, 5.74) is 2.38. The van der Waals surface area contributed by atoms with Crippen LogP contribution in [-0.4, -0.2) is 34.6 Å². The van der Waals surface area contributed by atoms with Crippen LogP contribution in [0.15, 0.2) is 41.3 Å². The SMILES string of the molecule is COCCN1C(=O)CCc2cc(NS(=O)(=O)c3ccc(C)c(F)c3)ccc21. The number of ether oxygens (including phenoxy) is 1. The molecular weight excluding hydrogens is 371 g/mol. The number of rotatable bonds is 6. The Morgan fingerprint density at radius 3 is 2.67 bits per heavy atom. The van der Waals surface area contributed by atoms with Crippen LogP contribution in [-0.2, 0) is 26.0 Å². The zero-order valence-electron chi connectivity index (χ0n) is 15.2. The molecule has 1 N–H and O–H groups in total. The Kier molecular flexibility index (Phi) is 5.48. The molecule has 1 aliphatic rings. The molecular formula is C19H21FN2O4S. The number of aryl methyl sites for hydroxylation is 2. The van der Waals surface area contributed by atoms with E-state index in [-0.39, 0.29) is 10.8 Å². The van der Waals surface area contributed by atoms with Gasteiger partial charge in [-0.25, -0.2) is 12.8 Å². The highest BCUT2D eigenvalue weighted by Gasteiger charge is 2.24. The van der Waals surface area contributed by atoms with Gasteiger partial charge in [-0.2, -0.15) is 0 Å². The lowest BCUT2D eigenvalue weighted by Gasteiger charge is -2.29. The van der Waals surface area contributed by atoms with E-state index in [1.165, 1.54) is 12.1 Å². The minimum absolute atomic E-state index is 0.0167. The van der Waals surface area contributed by atoms with Crippen molar-refractivity contribution in [2.24, 2.45) is 0 Å². The van der Waals surface area contributed by atoms with Gasteiger partial charge in [0.2, 0.25) is 5.91 Å². The van der Waals surface area contributed by atoms with Crippen LogP contribution >= 0.6 is 0 Å². The molecule has 0 saturated heterocycles. The van der Waals surface area contributed by atoms with Gasteiger partial charge in [0.15, 0.2) is 0 Å².